The highest BCUT2D eigenvalue weighted by Crippen LogP contribution is 2.51. The largest absolute Gasteiger partial charge is 0.462 e. The molecule has 0 heterocycles. The van der Waals surface area contributed by atoms with Gasteiger partial charge in [0.25, 0.3) is 6.10 Å². The highest BCUT2D eigenvalue weighted by atomic mass is 32.2. The van der Waals surface area contributed by atoms with Crippen molar-refractivity contribution in [3.05, 3.63) is 0 Å². The van der Waals surface area contributed by atoms with Crippen LogP contribution in [0.3, 0.4) is 0 Å². The Bertz CT molecular complexity index is 689. The highest BCUT2D eigenvalue weighted by molar-refractivity contribution is 7.86. The zero-order valence-corrected chi connectivity index (χ0v) is 14.0. The molecule has 0 radical (unpaired) electrons. The maximum atomic E-state index is 13.4. The standard InChI is InChI=1S/C13H15F5O7S/c1-5(19)24-9-4-6-2-7(9)3-8(6)10(20)25-11(12(14,15)16)13(17,18)26(21,22)23/h6-9,11H,2-4H2,1H3,(H,21,22,23). The van der Waals surface area contributed by atoms with Crippen molar-refractivity contribution >= 4 is 22.1 Å². The summed E-state index contributed by atoms with van der Waals surface area (Å²) in [7, 11) is -6.47. The van der Waals surface area contributed by atoms with Gasteiger partial charge in [-0.05, 0) is 31.1 Å². The first-order valence-corrected chi connectivity index (χ1v) is 8.88. The minimum atomic E-state index is -6.47. The molecule has 0 aromatic carbocycles. The van der Waals surface area contributed by atoms with Crippen molar-refractivity contribution in [3.63, 3.8) is 0 Å². The third kappa shape index (κ3) is 3.92. The molecule has 2 saturated carbocycles. The number of ether oxygens (including phenoxy) is 2. The summed E-state index contributed by atoms with van der Waals surface area (Å²) >= 11 is 0. The smallest absolute Gasteiger partial charge is 0.432 e. The van der Waals surface area contributed by atoms with Crippen LogP contribution in [0.5, 0.6) is 0 Å². The van der Waals surface area contributed by atoms with E-state index in [4.69, 9.17) is 9.29 Å². The second-order valence-corrected chi connectivity index (χ2v) is 7.87. The lowest BCUT2D eigenvalue weighted by Crippen LogP contribution is -2.53. The van der Waals surface area contributed by atoms with E-state index in [1.54, 1.807) is 0 Å². The van der Waals surface area contributed by atoms with Crippen molar-refractivity contribution in [2.45, 2.75) is 49.8 Å². The summed E-state index contributed by atoms with van der Waals surface area (Å²) in [6.45, 7) is 1.17. The van der Waals surface area contributed by atoms with Gasteiger partial charge in [0, 0.05) is 6.92 Å². The Morgan fingerprint density at radius 1 is 1.08 bits per heavy atom. The molecule has 5 unspecified atom stereocenters. The van der Waals surface area contributed by atoms with E-state index in [1.165, 1.54) is 6.92 Å². The number of hydrogen-bond donors (Lipinski definition) is 1. The number of hydrogen-bond acceptors (Lipinski definition) is 6. The minimum absolute atomic E-state index is 0.0382. The molecule has 0 aliphatic heterocycles. The molecule has 150 valence electrons. The summed E-state index contributed by atoms with van der Waals surface area (Å²) in [5.74, 6) is -4.22. The van der Waals surface area contributed by atoms with Crippen LogP contribution in [0.2, 0.25) is 0 Å². The van der Waals surface area contributed by atoms with Gasteiger partial charge in [-0.25, -0.2) is 0 Å². The quantitative estimate of drug-likeness (QED) is 0.419. The van der Waals surface area contributed by atoms with E-state index in [0.717, 1.165) is 0 Å². The number of fused-ring (bicyclic) bond motifs is 2. The van der Waals surface area contributed by atoms with Gasteiger partial charge in [-0.3, -0.25) is 14.1 Å². The van der Waals surface area contributed by atoms with Crippen LogP contribution in [-0.2, 0) is 29.2 Å². The number of esters is 2. The van der Waals surface area contributed by atoms with Gasteiger partial charge in [0.2, 0.25) is 0 Å². The molecule has 2 fully saturated rings. The first-order chi connectivity index (χ1) is 11.6. The molecule has 5 atom stereocenters. The van der Waals surface area contributed by atoms with Crippen molar-refractivity contribution in [3.8, 4) is 0 Å². The van der Waals surface area contributed by atoms with Crippen LogP contribution in [0.15, 0.2) is 0 Å². The van der Waals surface area contributed by atoms with Crippen LogP contribution in [0.4, 0.5) is 22.0 Å². The lowest BCUT2D eigenvalue weighted by atomic mass is 9.87. The molecule has 7 nitrogen and oxygen atoms in total. The monoisotopic (exact) mass is 410 g/mol. The van der Waals surface area contributed by atoms with E-state index in [-0.39, 0.29) is 18.8 Å². The van der Waals surface area contributed by atoms with Crippen LogP contribution in [0.1, 0.15) is 26.2 Å². The number of carbonyl (C=O) groups is 2. The third-order valence-electron chi connectivity index (χ3n) is 4.59. The second-order valence-electron chi connectivity index (χ2n) is 6.38. The van der Waals surface area contributed by atoms with Crippen molar-refractivity contribution in [2.75, 3.05) is 0 Å². The SMILES string of the molecule is CC(=O)OC1CC2CC1CC2C(=O)OC(C(F)(F)F)C(F)(F)S(=O)(=O)O. The Morgan fingerprint density at radius 2 is 1.65 bits per heavy atom. The van der Waals surface area contributed by atoms with Crippen LogP contribution >= 0.6 is 0 Å². The van der Waals surface area contributed by atoms with Crippen LogP contribution in [-0.4, -0.2) is 48.5 Å². The molecule has 1 N–H and O–H groups in total. The van der Waals surface area contributed by atoms with Crippen molar-refractivity contribution in [1.29, 1.82) is 0 Å². The van der Waals surface area contributed by atoms with E-state index in [2.05, 4.69) is 4.74 Å². The summed E-state index contributed by atoms with van der Waals surface area (Å²) in [4.78, 5) is 22.9. The molecule has 0 aromatic rings. The fourth-order valence-electron chi connectivity index (χ4n) is 3.53. The topological polar surface area (TPSA) is 107 Å². The van der Waals surface area contributed by atoms with Gasteiger partial charge in [0.1, 0.15) is 6.10 Å². The van der Waals surface area contributed by atoms with Gasteiger partial charge < -0.3 is 9.47 Å². The van der Waals surface area contributed by atoms with E-state index in [1.807, 2.05) is 0 Å². The summed E-state index contributed by atoms with van der Waals surface area (Å²) in [6.07, 6.45) is -10.3. The van der Waals surface area contributed by atoms with E-state index < -0.39 is 57.5 Å². The molecule has 26 heavy (non-hydrogen) atoms. The summed E-state index contributed by atoms with van der Waals surface area (Å²) in [6, 6.07) is 0. The first kappa shape index (κ1) is 20.8. The predicted molar refractivity (Wildman–Crippen MR) is 72.3 cm³/mol. The van der Waals surface area contributed by atoms with E-state index >= 15 is 0 Å². The molecule has 0 saturated heterocycles. The van der Waals surface area contributed by atoms with Gasteiger partial charge >= 0.3 is 33.5 Å². The van der Waals surface area contributed by atoms with Crippen LogP contribution in [0.25, 0.3) is 0 Å². The molecule has 2 aliphatic carbocycles. The Kier molecular flexibility index (Phi) is 5.27. The number of rotatable bonds is 5. The summed E-state index contributed by atoms with van der Waals surface area (Å²) in [5.41, 5.74) is 0. The molecule has 0 amide bonds. The normalized spacial score (nSPS) is 30.1. The minimum Gasteiger partial charge on any atom is -0.462 e. The van der Waals surface area contributed by atoms with Crippen LogP contribution < -0.4 is 0 Å². The molecular formula is C13H15F5O7S. The number of carbonyl (C=O) groups excluding carboxylic acids is 2. The van der Waals surface area contributed by atoms with Gasteiger partial charge in [0.05, 0.1) is 5.92 Å². The van der Waals surface area contributed by atoms with Crippen LogP contribution in [0, 0.1) is 17.8 Å². The lowest BCUT2D eigenvalue weighted by Gasteiger charge is -2.30. The van der Waals surface area contributed by atoms with Crippen molar-refractivity contribution in [2.24, 2.45) is 17.8 Å². The molecule has 2 aliphatic rings. The zero-order valence-electron chi connectivity index (χ0n) is 13.2. The number of halogens is 5. The second kappa shape index (κ2) is 6.59. The van der Waals surface area contributed by atoms with Gasteiger partial charge in [-0.1, -0.05) is 0 Å². The summed E-state index contributed by atoms with van der Waals surface area (Å²) < 4.78 is 104. The van der Waals surface area contributed by atoms with Gasteiger partial charge in [-0.2, -0.15) is 30.4 Å². The maximum absolute atomic E-state index is 13.4. The van der Waals surface area contributed by atoms with Gasteiger partial charge in [0.15, 0.2) is 0 Å². The Hall–Kier alpha value is -1.50. The molecule has 2 bridgehead atoms. The Morgan fingerprint density at radius 3 is 2.04 bits per heavy atom. The Labute approximate surface area is 144 Å². The average Bonchev–Trinajstić information content (AvgIpc) is 3.00. The Balaban J connectivity index is 2.12. The molecular weight excluding hydrogens is 395 g/mol. The molecule has 2 rings (SSSR count). The molecule has 0 spiro atoms. The van der Waals surface area contributed by atoms with E-state index in [9.17, 15) is 40.0 Å². The molecule has 0 aromatic heterocycles. The molecule has 13 heteroatoms. The zero-order chi connectivity index (χ0) is 20.1. The fraction of sp³-hybridized carbons (Fsp3) is 0.846. The third-order valence-corrected chi connectivity index (χ3v) is 5.49. The highest BCUT2D eigenvalue weighted by Gasteiger charge is 2.66. The fourth-order valence-corrected chi connectivity index (χ4v) is 3.99. The summed E-state index contributed by atoms with van der Waals surface area (Å²) in [5, 5.41) is -5.75. The van der Waals surface area contributed by atoms with Crippen molar-refractivity contribution in [1.82, 2.24) is 0 Å². The maximum Gasteiger partial charge on any atom is 0.432 e. The van der Waals surface area contributed by atoms with Crippen molar-refractivity contribution < 1.29 is 54.0 Å². The number of alkyl halides is 5. The van der Waals surface area contributed by atoms with E-state index in [0.29, 0.717) is 6.42 Å². The predicted octanol–water partition coefficient (Wildman–Crippen LogP) is 1.92. The average molecular weight is 410 g/mol. The lowest BCUT2D eigenvalue weighted by molar-refractivity contribution is -0.261. The van der Waals surface area contributed by atoms with Gasteiger partial charge in [-0.15, -0.1) is 0 Å². The first-order valence-electron chi connectivity index (χ1n) is 7.44.